The maximum absolute atomic E-state index is 12.5. The lowest BCUT2D eigenvalue weighted by Gasteiger charge is -2.32. The Morgan fingerprint density at radius 2 is 1.94 bits per heavy atom. The Hall–Kier alpha value is -2.10. The molecule has 10 heteroatoms. The number of thioether (sulfide) groups is 1. The van der Waals surface area contributed by atoms with E-state index in [2.05, 4.69) is 15.2 Å². The molecule has 6 nitrogen and oxygen atoms in total. The van der Waals surface area contributed by atoms with Crippen molar-refractivity contribution in [1.82, 2.24) is 20.1 Å². The predicted molar refractivity (Wildman–Crippen MR) is 153 cm³/mol. The summed E-state index contributed by atoms with van der Waals surface area (Å²) in [4.78, 5) is 25.9. The number of nitrogens with zero attached hydrogens (tertiary/aromatic N) is 4. The standard InChI is InChI=1S/C26H29Cl2N5OS2/c1-32(2)17-29-20-6-4-19(5-7-20)24-15-35-26(31-24)36-16-25(34)30-21-9-11-33(12-10-21)14-18-3-8-22(27)23(28)13-18/h3-8,13,15,17,21H,9-12,14,16H2,1-2H3,(H,30,34). The molecule has 1 fully saturated rings. The highest BCUT2D eigenvalue weighted by Gasteiger charge is 2.21. The minimum atomic E-state index is 0.0581. The Balaban J connectivity index is 1.19. The Bertz CT molecular complexity index is 1190. The largest absolute Gasteiger partial charge is 0.369 e. The lowest BCUT2D eigenvalue weighted by Crippen LogP contribution is -2.44. The van der Waals surface area contributed by atoms with E-state index in [4.69, 9.17) is 28.2 Å². The van der Waals surface area contributed by atoms with Crippen LogP contribution in [0, 0.1) is 0 Å². The van der Waals surface area contributed by atoms with Gasteiger partial charge >= 0.3 is 0 Å². The maximum atomic E-state index is 12.5. The summed E-state index contributed by atoms with van der Waals surface area (Å²) in [5.41, 5.74) is 4.01. The summed E-state index contributed by atoms with van der Waals surface area (Å²) in [5.74, 6) is 0.428. The Morgan fingerprint density at radius 3 is 2.64 bits per heavy atom. The molecule has 4 rings (SSSR count). The Labute approximate surface area is 230 Å². The summed E-state index contributed by atoms with van der Waals surface area (Å²) in [7, 11) is 3.88. The number of carbonyl (C=O) groups excluding carboxylic acids is 1. The number of carbonyl (C=O) groups is 1. The van der Waals surface area contributed by atoms with Gasteiger partial charge in [0.15, 0.2) is 4.34 Å². The van der Waals surface area contributed by atoms with Crippen LogP contribution < -0.4 is 5.32 Å². The quantitative estimate of drug-likeness (QED) is 0.191. The number of nitrogens with one attached hydrogen (secondary N) is 1. The maximum Gasteiger partial charge on any atom is 0.230 e. The zero-order chi connectivity index (χ0) is 25.5. The minimum absolute atomic E-state index is 0.0581. The molecule has 36 heavy (non-hydrogen) atoms. The highest BCUT2D eigenvalue weighted by Crippen LogP contribution is 2.29. The van der Waals surface area contributed by atoms with Crippen molar-refractivity contribution in [3.8, 4) is 11.3 Å². The third-order valence-corrected chi connectivity index (χ3v) is 8.51. The van der Waals surface area contributed by atoms with Crippen LogP contribution in [0.25, 0.3) is 11.3 Å². The number of hydrogen-bond acceptors (Lipinski definition) is 6. The monoisotopic (exact) mass is 561 g/mol. The van der Waals surface area contributed by atoms with E-state index in [-0.39, 0.29) is 11.9 Å². The molecule has 0 saturated carbocycles. The average molecular weight is 563 g/mol. The summed E-state index contributed by atoms with van der Waals surface area (Å²) < 4.78 is 0.895. The first-order valence-corrected chi connectivity index (χ1v) is 14.3. The molecule has 0 aliphatic carbocycles. The van der Waals surface area contributed by atoms with Gasteiger partial charge in [0, 0.05) is 50.7 Å². The van der Waals surface area contributed by atoms with Crippen molar-refractivity contribution in [1.29, 1.82) is 0 Å². The first-order chi connectivity index (χ1) is 17.4. The van der Waals surface area contributed by atoms with Crippen LogP contribution in [0.3, 0.4) is 0 Å². The van der Waals surface area contributed by atoms with E-state index in [0.717, 1.165) is 59.3 Å². The molecule has 2 aromatic carbocycles. The molecule has 3 aromatic rings. The van der Waals surface area contributed by atoms with Crippen molar-refractivity contribution in [3.05, 3.63) is 63.5 Å². The van der Waals surface area contributed by atoms with Crippen LogP contribution in [0.2, 0.25) is 10.0 Å². The summed E-state index contributed by atoms with van der Waals surface area (Å²) in [6, 6.07) is 14.0. The number of piperidine rings is 1. The number of aromatic nitrogens is 1. The summed E-state index contributed by atoms with van der Waals surface area (Å²) in [6.07, 6.45) is 3.65. The van der Waals surface area contributed by atoms with E-state index in [1.54, 1.807) is 17.7 Å². The number of halogens is 2. The zero-order valence-electron chi connectivity index (χ0n) is 20.3. The van der Waals surface area contributed by atoms with E-state index in [9.17, 15) is 4.79 Å². The highest BCUT2D eigenvalue weighted by atomic mass is 35.5. The van der Waals surface area contributed by atoms with E-state index in [1.165, 1.54) is 11.8 Å². The van der Waals surface area contributed by atoms with E-state index < -0.39 is 0 Å². The lowest BCUT2D eigenvalue weighted by atomic mass is 10.0. The lowest BCUT2D eigenvalue weighted by molar-refractivity contribution is -0.119. The van der Waals surface area contributed by atoms with Crippen LogP contribution >= 0.6 is 46.3 Å². The van der Waals surface area contributed by atoms with Gasteiger partial charge in [0.2, 0.25) is 5.91 Å². The van der Waals surface area contributed by atoms with Gasteiger partial charge in [-0.2, -0.15) is 0 Å². The molecule has 1 aliphatic rings. The molecule has 1 saturated heterocycles. The number of rotatable bonds is 9. The molecular formula is C26H29Cl2N5OS2. The molecule has 0 bridgehead atoms. The number of amides is 1. The molecule has 0 atom stereocenters. The molecule has 1 aromatic heterocycles. The SMILES string of the molecule is CN(C)C=Nc1ccc(-c2csc(SCC(=O)NC3CCN(Cc4ccc(Cl)c(Cl)c4)CC3)n2)cc1. The Morgan fingerprint density at radius 1 is 1.19 bits per heavy atom. The number of aliphatic imine (C=N–C) groups is 1. The van der Waals surface area contributed by atoms with Crippen LogP contribution in [0.1, 0.15) is 18.4 Å². The third-order valence-electron chi connectivity index (χ3n) is 5.75. The number of likely N-dealkylation sites (tertiary alicyclic amines) is 1. The number of benzene rings is 2. The Kier molecular flexibility index (Phi) is 9.67. The summed E-state index contributed by atoms with van der Waals surface area (Å²) >= 11 is 15.2. The second-order valence-electron chi connectivity index (χ2n) is 8.91. The van der Waals surface area contributed by atoms with E-state index >= 15 is 0 Å². The smallest absolute Gasteiger partial charge is 0.230 e. The van der Waals surface area contributed by atoms with Gasteiger partial charge < -0.3 is 10.2 Å². The van der Waals surface area contributed by atoms with Gasteiger partial charge in [-0.1, -0.05) is 53.2 Å². The average Bonchev–Trinajstić information content (AvgIpc) is 3.34. The first kappa shape index (κ1) is 26.9. The number of hydrogen-bond donors (Lipinski definition) is 1. The van der Waals surface area contributed by atoms with Gasteiger partial charge in [-0.3, -0.25) is 9.69 Å². The molecular weight excluding hydrogens is 533 g/mol. The van der Waals surface area contributed by atoms with Gasteiger partial charge in [0.05, 0.1) is 33.5 Å². The van der Waals surface area contributed by atoms with Gasteiger partial charge in [-0.25, -0.2) is 9.98 Å². The number of thiazole rings is 1. The first-order valence-electron chi connectivity index (χ1n) is 11.7. The fourth-order valence-electron chi connectivity index (χ4n) is 3.88. The summed E-state index contributed by atoms with van der Waals surface area (Å²) in [5, 5.41) is 6.38. The van der Waals surface area contributed by atoms with Gasteiger partial charge in [-0.15, -0.1) is 11.3 Å². The van der Waals surface area contributed by atoms with Crippen molar-refractivity contribution in [2.45, 2.75) is 29.8 Å². The normalized spacial score (nSPS) is 14.9. The molecule has 2 heterocycles. The van der Waals surface area contributed by atoms with Crippen LogP contribution in [-0.4, -0.2) is 66.0 Å². The third kappa shape index (κ3) is 7.95. The molecule has 0 unspecified atom stereocenters. The molecule has 0 spiro atoms. The van der Waals surface area contributed by atoms with Crippen LogP contribution in [0.5, 0.6) is 0 Å². The van der Waals surface area contributed by atoms with Crippen molar-refractivity contribution < 1.29 is 4.79 Å². The second-order valence-corrected chi connectivity index (χ2v) is 11.8. The zero-order valence-corrected chi connectivity index (χ0v) is 23.4. The minimum Gasteiger partial charge on any atom is -0.369 e. The fraction of sp³-hybridized carbons (Fsp3) is 0.346. The second kappa shape index (κ2) is 12.9. The summed E-state index contributed by atoms with van der Waals surface area (Å²) in [6.45, 7) is 2.71. The fourth-order valence-corrected chi connectivity index (χ4v) is 5.85. The van der Waals surface area contributed by atoms with Crippen LogP contribution in [0.15, 0.2) is 57.2 Å². The highest BCUT2D eigenvalue weighted by molar-refractivity contribution is 8.01. The van der Waals surface area contributed by atoms with Gasteiger partial charge in [0.1, 0.15) is 0 Å². The van der Waals surface area contributed by atoms with Crippen molar-refractivity contribution in [2.75, 3.05) is 32.9 Å². The molecule has 1 aliphatic heterocycles. The van der Waals surface area contributed by atoms with Crippen molar-refractivity contribution in [2.24, 2.45) is 4.99 Å². The predicted octanol–water partition coefficient (Wildman–Crippen LogP) is 6.21. The molecule has 190 valence electrons. The van der Waals surface area contributed by atoms with E-state index in [0.29, 0.717) is 15.8 Å². The van der Waals surface area contributed by atoms with Crippen LogP contribution in [-0.2, 0) is 11.3 Å². The molecule has 1 amide bonds. The van der Waals surface area contributed by atoms with E-state index in [1.807, 2.05) is 66.8 Å². The molecule has 1 N–H and O–H groups in total. The topological polar surface area (TPSA) is 60.8 Å². The van der Waals surface area contributed by atoms with Crippen molar-refractivity contribution >= 4 is 64.2 Å². The molecule has 0 radical (unpaired) electrons. The van der Waals surface area contributed by atoms with Crippen molar-refractivity contribution in [3.63, 3.8) is 0 Å². The van der Waals surface area contributed by atoms with Crippen LogP contribution in [0.4, 0.5) is 5.69 Å². The van der Waals surface area contributed by atoms with Gasteiger partial charge in [-0.05, 0) is 42.7 Å². The van der Waals surface area contributed by atoms with Gasteiger partial charge in [0.25, 0.3) is 0 Å².